The molecule has 4 aliphatic rings. The number of amides is 1. The van der Waals surface area contributed by atoms with Gasteiger partial charge in [-0.2, -0.15) is 4.98 Å². The first-order valence-corrected chi connectivity index (χ1v) is 25.3. The number of esters is 1. The van der Waals surface area contributed by atoms with Crippen LogP contribution in [0.3, 0.4) is 0 Å². The summed E-state index contributed by atoms with van der Waals surface area (Å²) in [5.74, 6) is -1.61. The zero-order valence-corrected chi connectivity index (χ0v) is 38.6. The van der Waals surface area contributed by atoms with Crippen LogP contribution in [0.1, 0.15) is 76.7 Å². The summed E-state index contributed by atoms with van der Waals surface area (Å²) in [4.78, 5) is 87.5. The van der Waals surface area contributed by atoms with Crippen molar-refractivity contribution in [2.24, 2.45) is 0 Å². The van der Waals surface area contributed by atoms with Gasteiger partial charge in [-0.25, -0.2) is 29.1 Å². The van der Waals surface area contributed by atoms with Crippen LogP contribution in [-0.2, 0) is 60.9 Å². The molecule has 4 fully saturated rings. The maximum Gasteiger partial charge on any atom is 0.469 e. The fourth-order valence-electron chi connectivity index (χ4n) is 8.27. The van der Waals surface area contributed by atoms with E-state index in [1.54, 1.807) is 6.08 Å². The van der Waals surface area contributed by atoms with Gasteiger partial charge in [0.1, 0.15) is 53.8 Å². The van der Waals surface area contributed by atoms with E-state index in [9.17, 15) is 43.3 Å². The number of aliphatic hydroxyl groups is 1. The highest BCUT2D eigenvalue weighted by Crippen LogP contribution is 2.58. The highest BCUT2D eigenvalue weighted by molar-refractivity contribution is 7.53. The third kappa shape index (κ3) is 12.9. The van der Waals surface area contributed by atoms with Crippen molar-refractivity contribution in [3.8, 4) is 0 Å². The number of imidazole rings is 1. The van der Waals surface area contributed by atoms with E-state index < -0.39 is 107 Å². The Kier molecular flexibility index (Phi) is 17.5. The fraction of sp³-hybridized carbons (Fsp3) is 0.667. The minimum Gasteiger partial charge on any atom is -0.455 e. The number of aliphatic hydroxyl groups excluding tert-OH is 1. The lowest BCUT2D eigenvalue weighted by Crippen LogP contribution is -2.46. The summed E-state index contributed by atoms with van der Waals surface area (Å²) in [6.45, 7) is 2.94. The standard InChI is InChI=1S/C39H57N9O18P2/c1-2-3-10-26(49)45-22(9-4-6-15-58-27-11-5-7-16-59-27)38(51)66-31-23(63-36(30(31)50)48-21-44-29-34(41)42-20-43-35(29)48)18-61-67(53,54)33-24(19-62-68(55,56)57)64-37(32(33)65-28-12-8-17-60-28)47-14-13-25(40)46-39(47)52/h2,13-14,20-24,27-28,30-33,36-37,50H,1,3-12,15-19H2,(H,45,49)(H,53,54)(H2,40,46,52)(H2,41,42,43)(H2,55,56,57)/t22-,23+,24+,27?,28?,30+,31+,32+,33+,36+,37+/m0/s1. The van der Waals surface area contributed by atoms with Crippen LogP contribution in [0.25, 0.3) is 11.2 Å². The second-order valence-electron chi connectivity index (χ2n) is 16.4. The maximum absolute atomic E-state index is 14.7. The number of aromatic nitrogens is 6. The molecule has 29 heteroatoms. The monoisotopic (exact) mass is 1000 g/mol. The van der Waals surface area contributed by atoms with Gasteiger partial charge in [-0.3, -0.25) is 23.0 Å². The number of phosphoric ester groups is 1. The Morgan fingerprint density at radius 3 is 2.43 bits per heavy atom. The number of anilines is 2. The number of nitrogens with one attached hydrogen (secondary N) is 1. The SMILES string of the molecule is C=CCCC(=O)N[C@@H](CCCCOC1CCCCO1)C(=O)O[C@H]1[C@@H](O)[C@H](n2cnc3c(N)ncnc32)O[C@@H]1COP(=O)(O)[C@H]1[C@@H](OC2CCCO2)[C@H](n2ccc(N)nc2=O)O[C@@H]1COP(=O)(O)O. The van der Waals surface area contributed by atoms with Crippen molar-refractivity contribution in [1.29, 1.82) is 0 Å². The van der Waals surface area contributed by atoms with E-state index in [0.717, 1.165) is 30.2 Å². The first-order chi connectivity index (χ1) is 32.5. The molecule has 0 aromatic carbocycles. The van der Waals surface area contributed by atoms with Gasteiger partial charge in [-0.05, 0) is 57.4 Å². The van der Waals surface area contributed by atoms with E-state index in [2.05, 4.69) is 31.8 Å². The van der Waals surface area contributed by atoms with Gasteiger partial charge < -0.3 is 74.3 Å². The van der Waals surface area contributed by atoms with Crippen LogP contribution in [0.4, 0.5) is 11.6 Å². The lowest BCUT2D eigenvalue weighted by molar-refractivity contribution is -0.170. The van der Waals surface area contributed by atoms with E-state index in [-0.39, 0.29) is 48.5 Å². The van der Waals surface area contributed by atoms with Gasteiger partial charge in [-0.1, -0.05) is 6.08 Å². The summed E-state index contributed by atoms with van der Waals surface area (Å²) < 4.78 is 80.8. The van der Waals surface area contributed by atoms with Crippen molar-refractivity contribution in [1.82, 2.24) is 34.4 Å². The van der Waals surface area contributed by atoms with E-state index in [4.69, 9.17) is 53.7 Å². The average molecular weight is 1000 g/mol. The number of nitrogens with zero attached hydrogens (tertiary/aromatic N) is 6. The zero-order chi connectivity index (χ0) is 48.6. The predicted octanol–water partition coefficient (Wildman–Crippen LogP) is 0.681. The van der Waals surface area contributed by atoms with Gasteiger partial charge in [0, 0.05) is 38.9 Å². The molecule has 7 heterocycles. The third-order valence-electron chi connectivity index (χ3n) is 11.6. The minimum atomic E-state index is -5.26. The number of fused-ring (bicyclic) bond motifs is 1. The summed E-state index contributed by atoms with van der Waals surface area (Å²) in [6.07, 6.45) is -2.57. The van der Waals surface area contributed by atoms with E-state index in [1.807, 2.05) is 0 Å². The Labute approximate surface area is 388 Å². The van der Waals surface area contributed by atoms with Crippen LogP contribution in [0.2, 0.25) is 0 Å². The highest BCUT2D eigenvalue weighted by Gasteiger charge is 2.58. The van der Waals surface area contributed by atoms with Gasteiger partial charge in [-0.15, -0.1) is 6.58 Å². The van der Waals surface area contributed by atoms with Gasteiger partial charge in [0.15, 0.2) is 42.6 Å². The Hall–Kier alpha value is -4.31. The van der Waals surface area contributed by atoms with Crippen molar-refractivity contribution in [3.63, 3.8) is 0 Å². The van der Waals surface area contributed by atoms with Crippen LogP contribution in [-0.4, -0.2) is 149 Å². The highest BCUT2D eigenvalue weighted by atomic mass is 31.2. The molecule has 4 saturated heterocycles. The molecule has 27 nitrogen and oxygen atoms in total. The molecule has 7 rings (SSSR count). The molecule has 0 spiro atoms. The number of unbranched alkanes of at least 4 members (excludes halogenated alkanes) is 1. The first kappa shape index (κ1) is 51.5. The molecule has 3 unspecified atom stereocenters. The molecule has 68 heavy (non-hydrogen) atoms. The summed E-state index contributed by atoms with van der Waals surface area (Å²) >= 11 is 0. The number of carbonyl (C=O) groups excluding carboxylic acids is 2. The van der Waals surface area contributed by atoms with Crippen LogP contribution < -0.4 is 22.5 Å². The molecule has 3 aromatic heterocycles. The molecular weight excluding hydrogens is 944 g/mol. The first-order valence-electron chi connectivity index (χ1n) is 22.1. The molecule has 12 atom stereocenters. The number of allylic oxidation sites excluding steroid dienone is 1. The van der Waals surface area contributed by atoms with E-state index in [0.29, 0.717) is 45.3 Å². The molecule has 0 radical (unpaired) electrons. The predicted molar refractivity (Wildman–Crippen MR) is 233 cm³/mol. The van der Waals surface area contributed by atoms with Crippen molar-refractivity contribution in [3.05, 3.63) is 48.1 Å². The van der Waals surface area contributed by atoms with Crippen LogP contribution in [0.15, 0.2) is 42.4 Å². The summed E-state index contributed by atoms with van der Waals surface area (Å²) in [7, 11) is -10.5. The summed E-state index contributed by atoms with van der Waals surface area (Å²) in [5.41, 5.74) is 9.16. The molecule has 1 amide bonds. The molecule has 0 aliphatic carbocycles. The molecule has 4 aliphatic heterocycles. The molecule has 9 N–H and O–H groups in total. The van der Waals surface area contributed by atoms with Crippen molar-refractivity contribution in [2.45, 2.75) is 131 Å². The van der Waals surface area contributed by atoms with Gasteiger partial charge in [0.2, 0.25) is 5.91 Å². The molecular formula is C39H57N9O18P2. The number of hydrogen-bond donors (Lipinski definition) is 7. The van der Waals surface area contributed by atoms with Crippen molar-refractivity contribution >= 4 is 50.1 Å². The smallest absolute Gasteiger partial charge is 0.455 e. The number of nitrogens with two attached hydrogens (primary N) is 2. The Bertz CT molecular complexity index is 2360. The number of carbonyl (C=O) groups is 2. The number of ether oxygens (including phenoxy) is 7. The van der Waals surface area contributed by atoms with Gasteiger partial charge in [0.25, 0.3) is 0 Å². The summed E-state index contributed by atoms with van der Waals surface area (Å²) in [5, 5.41) is 14.6. The Morgan fingerprint density at radius 1 is 0.956 bits per heavy atom. The topological polar surface area (TPSA) is 375 Å². The van der Waals surface area contributed by atoms with Crippen molar-refractivity contribution < 1.29 is 80.7 Å². The summed E-state index contributed by atoms with van der Waals surface area (Å²) in [6, 6.07) is 0.0159. The molecule has 376 valence electrons. The van der Waals surface area contributed by atoms with E-state index in [1.165, 1.54) is 23.2 Å². The zero-order valence-electron chi connectivity index (χ0n) is 36.8. The van der Waals surface area contributed by atoms with Crippen molar-refractivity contribution in [2.75, 3.05) is 44.5 Å². The third-order valence-corrected chi connectivity index (χ3v) is 14.0. The van der Waals surface area contributed by atoms with Crippen LogP contribution in [0.5, 0.6) is 0 Å². The quantitative estimate of drug-likeness (QED) is 0.0297. The fourth-order valence-corrected chi connectivity index (χ4v) is 10.3. The number of phosphoric acid groups is 1. The average Bonchev–Trinajstić information content (AvgIpc) is 4.11. The largest absolute Gasteiger partial charge is 0.469 e. The van der Waals surface area contributed by atoms with E-state index >= 15 is 0 Å². The molecule has 3 aromatic rings. The second kappa shape index (κ2) is 23.1. The normalized spacial score (nSPS) is 28.9. The second-order valence-corrected chi connectivity index (χ2v) is 19.7. The number of rotatable bonds is 23. The van der Waals surface area contributed by atoms with Gasteiger partial charge >= 0.3 is 27.1 Å². The number of hydrogen-bond acceptors (Lipinski definition) is 21. The molecule has 0 saturated carbocycles. The maximum atomic E-state index is 14.7. The van der Waals surface area contributed by atoms with Gasteiger partial charge in [0.05, 0.1) is 19.5 Å². The Morgan fingerprint density at radius 2 is 1.71 bits per heavy atom. The minimum absolute atomic E-state index is 0.00295. The van der Waals surface area contributed by atoms with Crippen LogP contribution >= 0.6 is 15.4 Å². The lowest BCUT2D eigenvalue weighted by atomic mass is 10.1. The lowest BCUT2D eigenvalue weighted by Gasteiger charge is -2.30. The molecule has 0 bridgehead atoms. The van der Waals surface area contributed by atoms with Crippen LogP contribution in [0, 0.1) is 0 Å². The Balaban J connectivity index is 1.16. The number of nitrogen functional groups attached to an aromatic ring is 2.